The zero-order valence-corrected chi connectivity index (χ0v) is 13.2. The third kappa shape index (κ3) is 3.39. The molecule has 1 aromatic carbocycles. The fourth-order valence-electron chi connectivity index (χ4n) is 2.41. The Labute approximate surface area is 126 Å². The Morgan fingerprint density at radius 1 is 1.48 bits per heavy atom. The molecular formula is C15H22N2O3S. The van der Waals surface area contributed by atoms with Gasteiger partial charge in [0.25, 0.3) is 0 Å². The van der Waals surface area contributed by atoms with Crippen molar-refractivity contribution in [2.24, 2.45) is 0 Å². The molecule has 2 rings (SSSR count). The van der Waals surface area contributed by atoms with E-state index in [1.54, 1.807) is 19.2 Å². The number of aryl methyl sites for hydroxylation is 1. The maximum Gasteiger partial charge on any atom is 0.246 e. The number of nitrogens with two attached hydrogens (primary N) is 1. The van der Waals surface area contributed by atoms with Gasteiger partial charge in [0.05, 0.1) is 6.61 Å². The van der Waals surface area contributed by atoms with E-state index >= 15 is 0 Å². The first-order chi connectivity index (χ1) is 9.96. The summed E-state index contributed by atoms with van der Waals surface area (Å²) in [5.74, 6) is 0.464. The second-order valence-corrected chi connectivity index (χ2v) is 7.23. The van der Waals surface area contributed by atoms with Crippen molar-refractivity contribution in [2.75, 3.05) is 25.9 Å². The van der Waals surface area contributed by atoms with Gasteiger partial charge < -0.3 is 10.5 Å². The molecule has 0 aliphatic carbocycles. The highest BCUT2D eigenvalue weighted by atomic mass is 32.2. The zero-order chi connectivity index (χ0) is 15.5. The first kappa shape index (κ1) is 15.9. The van der Waals surface area contributed by atoms with E-state index in [4.69, 9.17) is 10.5 Å². The molecule has 1 aliphatic heterocycles. The molecule has 0 saturated heterocycles. The molecule has 116 valence electrons. The van der Waals surface area contributed by atoms with Crippen molar-refractivity contribution >= 4 is 15.7 Å². The Morgan fingerprint density at radius 3 is 2.95 bits per heavy atom. The number of ether oxygens (including phenoxy) is 1. The molecule has 0 aromatic heterocycles. The number of fused-ring (bicyclic) bond motifs is 1. The number of anilines is 1. The standard InChI is InChI=1S/C15H22N2O3S/c1-3-4-5-8-17(2)21(18,19)14-11-13(16)10-12-7-6-9-20-15(12)14/h3,10-11H,1,4-9,16H2,2H3. The predicted molar refractivity (Wildman–Crippen MR) is 83.9 cm³/mol. The van der Waals surface area contributed by atoms with Crippen LogP contribution in [-0.2, 0) is 16.4 Å². The zero-order valence-electron chi connectivity index (χ0n) is 12.3. The van der Waals surface area contributed by atoms with E-state index in [0.29, 0.717) is 24.6 Å². The number of nitrogen functional groups attached to an aromatic ring is 1. The van der Waals surface area contributed by atoms with E-state index in [1.807, 2.05) is 0 Å². The molecule has 2 N–H and O–H groups in total. The Hall–Kier alpha value is -1.53. The smallest absolute Gasteiger partial charge is 0.246 e. The quantitative estimate of drug-likeness (QED) is 0.496. The normalized spacial score (nSPS) is 14.6. The van der Waals surface area contributed by atoms with Crippen molar-refractivity contribution in [2.45, 2.75) is 30.6 Å². The van der Waals surface area contributed by atoms with Crippen LogP contribution in [0.4, 0.5) is 5.69 Å². The van der Waals surface area contributed by atoms with Crippen molar-refractivity contribution in [1.29, 1.82) is 0 Å². The maximum absolute atomic E-state index is 12.7. The number of nitrogens with zero attached hydrogens (tertiary/aromatic N) is 1. The van der Waals surface area contributed by atoms with Crippen LogP contribution < -0.4 is 10.5 Å². The SMILES string of the molecule is C=CCCCN(C)S(=O)(=O)c1cc(N)cc2c1OCCC2. The molecule has 0 fully saturated rings. The molecule has 1 heterocycles. The van der Waals surface area contributed by atoms with Crippen LogP contribution >= 0.6 is 0 Å². The third-order valence-corrected chi connectivity index (χ3v) is 5.42. The highest BCUT2D eigenvalue weighted by Gasteiger charge is 2.28. The second kappa shape index (κ2) is 6.49. The summed E-state index contributed by atoms with van der Waals surface area (Å²) >= 11 is 0. The summed E-state index contributed by atoms with van der Waals surface area (Å²) < 4.78 is 32.4. The van der Waals surface area contributed by atoms with E-state index in [2.05, 4.69) is 6.58 Å². The molecule has 0 unspecified atom stereocenters. The van der Waals surface area contributed by atoms with E-state index in [1.165, 1.54) is 10.4 Å². The fraction of sp³-hybridized carbons (Fsp3) is 0.467. The Morgan fingerprint density at radius 2 is 2.24 bits per heavy atom. The summed E-state index contributed by atoms with van der Waals surface area (Å²) in [6, 6.07) is 3.29. The molecular weight excluding hydrogens is 288 g/mol. The van der Waals surface area contributed by atoms with E-state index in [9.17, 15) is 8.42 Å². The van der Waals surface area contributed by atoms with Crippen LogP contribution in [0.2, 0.25) is 0 Å². The van der Waals surface area contributed by atoms with Crippen LogP contribution in [0.5, 0.6) is 5.75 Å². The van der Waals surface area contributed by atoms with Crippen LogP contribution in [0.15, 0.2) is 29.7 Å². The van der Waals surface area contributed by atoms with Gasteiger partial charge in [-0.25, -0.2) is 12.7 Å². The molecule has 0 amide bonds. The lowest BCUT2D eigenvalue weighted by atomic mass is 10.1. The van der Waals surface area contributed by atoms with Crippen LogP contribution in [0.1, 0.15) is 24.8 Å². The maximum atomic E-state index is 12.7. The molecule has 6 heteroatoms. The summed E-state index contributed by atoms with van der Waals surface area (Å²) in [5.41, 5.74) is 7.18. The van der Waals surface area contributed by atoms with E-state index < -0.39 is 10.0 Å². The number of benzene rings is 1. The van der Waals surface area contributed by atoms with Gasteiger partial charge in [0.15, 0.2) is 0 Å². The second-order valence-electron chi connectivity index (χ2n) is 5.22. The summed E-state index contributed by atoms with van der Waals surface area (Å²) in [5, 5.41) is 0. The van der Waals surface area contributed by atoms with Crippen LogP contribution in [0, 0.1) is 0 Å². The minimum atomic E-state index is -3.59. The number of hydrogen-bond acceptors (Lipinski definition) is 4. The van der Waals surface area contributed by atoms with Crippen molar-refractivity contribution < 1.29 is 13.2 Å². The number of hydrogen-bond donors (Lipinski definition) is 1. The van der Waals surface area contributed by atoms with Gasteiger partial charge in [0.1, 0.15) is 10.6 Å². The molecule has 0 spiro atoms. The van der Waals surface area contributed by atoms with Crippen molar-refractivity contribution in [3.05, 3.63) is 30.4 Å². The van der Waals surface area contributed by atoms with Gasteiger partial charge in [-0.2, -0.15) is 0 Å². The summed E-state index contributed by atoms with van der Waals surface area (Å²) in [4.78, 5) is 0.179. The third-order valence-electron chi connectivity index (χ3n) is 3.56. The summed E-state index contributed by atoms with van der Waals surface area (Å²) in [6.07, 6.45) is 4.98. The highest BCUT2D eigenvalue weighted by Crippen LogP contribution is 2.35. The Kier molecular flexibility index (Phi) is 4.90. The van der Waals surface area contributed by atoms with E-state index in [-0.39, 0.29) is 4.90 Å². The van der Waals surface area contributed by atoms with Gasteiger partial charge in [-0.05, 0) is 43.4 Å². The monoisotopic (exact) mass is 310 g/mol. The lowest BCUT2D eigenvalue weighted by Crippen LogP contribution is -2.29. The minimum absolute atomic E-state index is 0.179. The molecule has 1 aromatic rings. The Balaban J connectivity index is 2.35. The molecule has 0 saturated carbocycles. The van der Waals surface area contributed by atoms with E-state index in [0.717, 1.165) is 31.2 Å². The highest BCUT2D eigenvalue weighted by molar-refractivity contribution is 7.89. The largest absolute Gasteiger partial charge is 0.492 e. The average Bonchev–Trinajstić information content (AvgIpc) is 2.46. The van der Waals surface area contributed by atoms with Gasteiger partial charge >= 0.3 is 0 Å². The molecule has 5 nitrogen and oxygen atoms in total. The fourth-order valence-corrected chi connectivity index (χ4v) is 3.82. The van der Waals surface area contributed by atoms with Gasteiger partial charge in [-0.15, -0.1) is 6.58 Å². The summed E-state index contributed by atoms with van der Waals surface area (Å²) in [6.45, 7) is 4.63. The van der Waals surface area contributed by atoms with Crippen LogP contribution in [0.25, 0.3) is 0 Å². The van der Waals surface area contributed by atoms with Gasteiger partial charge in [-0.3, -0.25) is 0 Å². The minimum Gasteiger partial charge on any atom is -0.492 e. The van der Waals surface area contributed by atoms with Crippen LogP contribution in [0.3, 0.4) is 0 Å². The first-order valence-corrected chi connectivity index (χ1v) is 8.53. The van der Waals surface area contributed by atoms with Crippen LogP contribution in [-0.4, -0.2) is 32.9 Å². The average molecular weight is 310 g/mol. The van der Waals surface area contributed by atoms with Gasteiger partial charge in [-0.1, -0.05) is 6.08 Å². The lowest BCUT2D eigenvalue weighted by Gasteiger charge is -2.24. The number of rotatable bonds is 6. The molecule has 0 atom stereocenters. The molecule has 0 bridgehead atoms. The summed E-state index contributed by atoms with van der Waals surface area (Å²) in [7, 11) is -2.01. The lowest BCUT2D eigenvalue weighted by molar-refractivity contribution is 0.279. The molecule has 1 aliphatic rings. The molecule has 21 heavy (non-hydrogen) atoms. The number of allylic oxidation sites excluding steroid dienone is 1. The number of unbranched alkanes of at least 4 members (excludes halogenated alkanes) is 1. The predicted octanol–water partition coefficient (Wildman–Crippen LogP) is 2.18. The molecule has 0 radical (unpaired) electrons. The topological polar surface area (TPSA) is 72.6 Å². The number of sulfonamides is 1. The van der Waals surface area contributed by atoms with Gasteiger partial charge in [0, 0.05) is 19.3 Å². The van der Waals surface area contributed by atoms with Crippen molar-refractivity contribution in [3.8, 4) is 5.75 Å². The first-order valence-electron chi connectivity index (χ1n) is 7.09. The Bertz CT molecular complexity index is 626. The van der Waals surface area contributed by atoms with Crippen molar-refractivity contribution in [3.63, 3.8) is 0 Å². The van der Waals surface area contributed by atoms with Crippen molar-refractivity contribution in [1.82, 2.24) is 4.31 Å². The van der Waals surface area contributed by atoms with Gasteiger partial charge in [0.2, 0.25) is 10.0 Å².